The number of rotatable bonds is 7. The molecule has 3 nitrogen and oxygen atoms in total. The zero-order valence-electron chi connectivity index (χ0n) is 10.4. The van der Waals surface area contributed by atoms with Gasteiger partial charge in [0, 0.05) is 18.2 Å². The lowest BCUT2D eigenvalue weighted by molar-refractivity contribution is 0.00273. The first kappa shape index (κ1) is 14.5. The van der Waals surface area contributed by atoms with Crippen LogP contribution in [0.25, 0.3) is 0 Å². The summed E-state index contributed by atoms with van der Waals surface area (Å²) >= 11 is 5.86. The molecule has 2 atom stereocenters. The van der Waals surface area contributed by atoms with Crippen LogP contribution in [0.5, 0.6) is 0 Å². The first-order valence-corrected chi connectivity index (χ1v) is 6.18. The molecule has 0 radical (unpaired) electrons. The van der Waals surface area contributed by atoms with E-state index in [1.807, 2.05) is 31.2 Å². The van der Waals surface area contributed by atoms with Gasteiger partial charge in [-0.2, -0.15) is 0 Å². The Morgan fingerprint density at radius 3 is 2.41 bits per heavy atom. The zero-order chi connectivity index (χ0) is 12.7. The van der Waals surface area contributed by atoms with Gasteiger partial charge in [0.1, 0.15) is 0 Å². The monoisotopic (exact) mass is 257 g/mol. The molecule has 4 heteroatoms. The number of benzene rings is 1. The average molecular weight is 258 g/mol. The third kappa shape index (κ3) is 4.64. The topological polar surface area (TPSA) is 44.5 Å². The molecule has 0 aliphatic rings. The molecular weight excluding hydrogens is 238 g/mol. The molecule has 2 unspecified atom stereocenters. The van der Waals surface area contributed by atoms with E-state index in [9.17, 15) is 0 Å². The maximum Gasteiger partial charge on any atom is 0.0976 e. The van der Waals surface area contributed by atoms with Crippen LogP contribution in [0.4, 0.5) is 0 Å². The van der Waals surface area contributed by atoms with E-state index in [0.717, 1.165) is 17.0 Å². The van der Waals surface area contributed by atoms with E-state index in [1.54, 1.807) is 7.11 Å². The molecule has 0 aromatic heterocycles. The maximum atomic E-state index is 6.07. The third-order valence-corrected chi connectivity index (χ3v) is 2.90. The van der Waals surface area contributed by atoms with E-state index in [4.69, 9.17) is 26.8 Å². The van der Waals surface area contributed by atoms with Gasteiger partial charge in [-0.15, -0.1) is 0 Å². The van der Waals surface area contributed by atoms with Crippen molar-refractivity contribution in [3.05, 3.63) is 34.9 Å². The molecule has 0 aliphatic heterocycles. The Kier molecular flexibility index (Phi) is 6.52. The Labute approximate surface area is 108 Å². The Bertz CT molecular complexity index is 316. The average Bonchev–Trinajstić information content (AvgIpc) is 2.35. The number of hydrogen-bond donors (Lipinski definition) is 1. The van der Waals surface area contributed by atoms with Crippen molar-refractivity contribution >= 4 is 11.6 Å². The smallest absolute Gasteiger partial charge is 0.0976 e. The molecule has 1 aromatic carbocycles. The molecule has 96 valence electrons. The lowest BCUT2D eigenvalue weighted by atomic mass is 10.0. The van der Waals surface area contributed by atoms with Gasteiger partial charge in [-0.25, -0.2) is 0 Å². The Morgan fingerprint density at radius 1 is 1.24 bits per heavy atom. The van der Waals surface area contributed by atoms with Crippen molar-refractivity contribution in [1.29, 1.82) is 0 Å². The summed E-state index contributed by atoms with van der Waals surface area (Å²) in [6.07, 6.45) is 0.757. The highest BCUT2D eigenvalue weighted by Crippen LogP contribution is 2.23. The summed E-state index contributed by atoms with van der Waals surface area (Å²) in [6.45, 7) is 3.16. The fraction of sp³-hybridized carbons (Fsp3) is 0.538. The van der Waals surface area contributed by atoms with E-state index in [2.05, 4.69) is 0 Å². The van der Waals surface area contributed by atoms with E-state index in [-0.39, 0.29) is 12.1 Å². The lowest BCUT2D eigenvalue weighted by Gasteiger charge is -2.23. The molecule has 0 aliphatic carbocycles. The van der Waals surface area contributed by atoms with Crippen LogP contribution in [0, 0.1) is 0 Å². The zero-order valence-corrected chi connectivity index (χ0v) is 11.1. The first-order valence-electron chi connectivity index (χ1n) is 5.80. The largest absolute Gasteiger partial charge is 0.382 e. The number of methoxy groups -OCH3 is 1. The Hall–Kier alpha value is -0.610. The minimum absolute atomic E-state index is 0.0203. The van der Waals surface area contributed by atoms with Gasteiger partial charge < -0.3 is 15.2 Å². The van der Waals surface area contributed by atoms with Crippen LogP contribution in [0.15, 0.2) is 24.3 Å². The van der Waals surface area contributed by atoms with Crippen molar-refractivity contribution < 1.29 is 9.47 Å². The highest BCUT2D eigenvalue weighted by molar-refractivity contribution is 6.30. The van der Waals surface area contributed by atoms with Crippen LogP contribution in [0.3, 0.4) is 0 Å². The molecular formula is C13H20ClNO2. The van der Waals surface area contributed by atoms with Gasteiger partial charge in [-0.3, -0.25) is 0 Å². The van der Waals surface area contributed by atoms with Crippen molar-refractivity contribution in [1.82, 2.24) is 0 Å². The first-order chi connectivity index (χ1) is 8.19. The SMILES string of the molecule is CCC(N)C(OCCOC)c1ccc(Cl)cc1. The van der Waals surface area contributed by atoms with E-state index < -0.39 is 0 Å². The fourth-order valence-electron chi connectivity index (χ4n) is 1.59. The summed E-state index contributed by atoms with van der Waals surface area (Å²) in [4.78, 5) is 0. The van der Waals surface area contributed by atoms with Gasteiger partial charge in [0.2, 0.25) is 0 Å². The summed E-state index contributed by atoms with van der Waals surface area (Å²) in [5, 5.41) is 0.717. The van der Waals surface area contributed by atoms with E-state index in [1.165, 1.54) is 0 Å². The highest BCUT2D eigenvalue weighted by Gasteiger charge is 2.18. The Balaban J connectivity index is 2.71. The van der Waals surface area contributed by atoms with Gasteiger partial charge in [0.05, 0.1) is 19.3 Å². The molecule has 1 rings (SSSR count). The van der Waals surface area contributed by atoms with Gasteiger partial charge in [-0.1, -0.05) is 30.7 Å². The predicted octanol–water partition coefficient (Wildman–Crippen LogP) is 2.78. The predicted molar refractivity (Wildman–Crippen MR) is 70.3 cm³/mol. The van der Waals surface area contributed by atoms with Crippen LogP contribution in [0.2, 0.25) is 5.02 Å². The molecule has 0 bridgehead atoms. The second-order valence-corrected chi connectivity index (χ2v) is 4.34. The quantitative estimate of drug-likeness (QED) is 0.764. The van der Waals surface area contributed by atoms with Crippen LogP contribution in [-0.4, -0.2) is 26.4 Å². The van der Waals surface area contributed by atoms with Gasteiger partial charge in [0.15, 0.2) is 0 Å². The summed E-state index contributed by atoms with van der Waals surface area (Å²) in [5.41, 5.74) is 7.13. The van der Waals surface area contributed by atoms with Crippen LogP contribution >= 0.6 is 11.6 Å². The van der Waals surface area contributed by atoms with Crippen molar-refractivity contribution in [2.75, 3.05) is 20.3 Å². The van der Waals surface area contributed by atoms with E-state index in [0.29, 0.717) is 13.2 Å². The minimum Gasteiger partial charge on any atom is -0.382 e. The van der Waals surface area contributed by atoms with Gasteiger partial charge >= 0.3 is 0 Å². The van der Waals surface area contributed by atoms with Crippen LogP contribution in [0.1, 0.15) is 25.0 Å². The molecule has 0 spiro atoms. The number of halogens is 1. The summed E-state index contributed by atoms with van der Waals surface area (Å²) in [5.74, 6) is 0. The Morgan fingerprint density at radius 2 is 1.88 bits per heavy atom. The lowest BCUT2D eigenvalue weighted by Crippen LogP contribution is -2.30. The summed E-state index contributed by atoms with van der Waals surface area (Å²) in [6, 6.07) is 7.59. The maximum absolute atomic E-state index is 6.07. The van der Waals surface area contributed by atoms with Crippen molar-refractivity contribution in [3.63, 3.8) is 0 Å². The number of nitrogens with two attached hydrogens (primary N) is 1. The van der Waals surface area contributed by atoms with Crippen molar-refractivity contribution in [3.8, 4) is 0 Å². The van der Waals surface area contributed by atoms with Crippen molar-refractivity contribution in [2.24, 2.45) is 5.73 Å². The molecule has 0 saturated heterocycles. The second kappa shape index (κ2) is 7.67. The fourth-order valence-corrected chi connectivity index (χ4v) is 1.72. The molecule has 0 amide bonds. The minimum atomic E-state index is -0.104. The summed E-state index contributed by atoms with van der Waals surface area (Å²) < 4.78 is 10.7. The third-order valence-electron chi connectivity index (χ3n) is 2.64. The number of ether oxygens (including phenoxy) is 2. The van der Waals surface area contributed by atoms with Crippen LogP contribution < -0.4 is 5.73 Å². The normalized spacial score (nSPS) is 14.6. The molecule has 2 N–H and O–H groups in total. The summed E-state index contributed by atoms with van der Waals surface area (Å²) in [7, 11) is 1.65. The molecule has 0 fully saturated rings. The van der Waals surface area contributed by atoms with Gasteiger partial charge in [-0.05, 0) is 24.1 Å². The van der Waals surface area contributed by atoms with Crippen molar-refractivity contribution in [2.45, 2.75) is 25.5 Å². The van der Waals surface area contributed by atoms with E-state index >= 15 is 0 Å². The molecule has 17 heavy (non-hydrogen) atoms. The number of hydrogen-bond acceptors (Lipinski definition) is 3. The molecule has 1 aromatic rings. The highest BCUT2D eigenvalue weighted by atomic mass is 35.5. The molecule has 0 saturated carbocycles. The standard InChI is InChI=1S/C13H20ClNO2/c1-3-12(15)13(17-9-8-16-2)10-4-6-11(14)7-5-10/h4-7,12-13H,3,8-9,15H2,1-2H3. The second-order valence-electron chi connectivity index (χ2n) is 3.91. The van der Waals surface area contributed by atoms with Crippen LogP contribution in [-0.2, 0) is 9.47 Å². The molecule has 0 heterocycles. The van der Waals surface area contributed by atoms with Gasteiger partial charge in [0.25, 0.3) is 0 Å².